The molecule has 3 aromatic carbocycles. The maximum absolute atomic E-state index is 13.2. The van der Waals surface area contributed by atoms with Gasteiger partial charge < -0.3 is 28.7 Å². The first-order chi connectivity index (χ1) is 20.5. The molecular weight excluding hydrogens is 540 g/mol. The molecule has 0 aliphatic carbocycles. The maximum Gasteiger partial charge on any atom is 0.252 e. The van der Waals surface area contributed by atoms with E-state index in [1.54, 1.807) is 32.1 Å². The van der Waals surface area contributed by atoms with Crippen molar-refractivity contribution < 1.29 is 23.7 Å². The first kappa shape index (κ1) is 27.1. The Morgan fingerprint density at radius 2 is 1.62 bits per heavy atom. The predicted octanol–water partition coefficient (Wildman–Crippen LogP) is 3.52. The second-order valence-corrected chi connectivity index (χ2v) is 9.85. The summed E-state index contributed by atoms with van der Waals surface area (Å²) in [5, 5.41) is 13.3. The van der Waals surface area contributed by atoms with Gasteiger partial charge in [-0.2, -0.15) is 0 Å². The number of pyridine rings is 1. The largest absolute Gasteiger partial charge is 0.497 e. The molecule has 0 spiro atoms. The number of nitrogens with one attached hydrogen (secondary N) is 1. The smallest absolute Gasteiger partial charge is 0.252 e. The van der Waals surface area contributed by atoms with Crippen molar-refractivity contribution in [2.45, 2.75) is 26.2 Å². The number of nitrogens with zero attached hydrogens (tertiary/aromatic N) is 5. The van der Waals surface area contributed by atoms with Gasteiger partial charge in [0.2, 0.25) is 6.79 Å². The van der Waals surface area contributed by atoms with Crippen molar-refractivity contribution in [2.24, 2.45) is 0 Å². The maximum atomic E-state index is 13.2. The van der Waals surface area contributed by atoms with Crippen LogP contribution >= 0.6 is 0 Å². The van der Waals surface area contributed by atoms with E-state index < -0.39 is 0 Å². The fourth-order valence-electron chi connectivity index (χ4n) is 4.96. The van der Waals surface area contributed by atoms with Gasteiger partial charge in [-0.15, -0.1) is 5.10 Å². The van der Waals surface area contributed by atoms with Crippen molar-refractivity contribution >= 4 is 10.9 Å². The van der Waals surface area contributed by atoms with E-state index in [-0.39, 0.29) is 12.4 Å². The highest BCUT2D eigenvalue weighted by Crippen LogP contribution is 2.33. The molecule has 0 saturated carbocycles. The third kappa shape index (κ3) is 5.70. The minimum atomic E-state index is -0.191. The zero-order chi connectivity index (χ0) is 29.1. The van der Waals surface area contributed by atoms with E-state index in [9.17, 15) is 4.79 Å². The summed E-state index contributed by atoms with van der Waals surface area (Å²) in [4.78, 5) is 18.4. The normalized spacial score (nSPS) is 12.2. The second kappa shape index (κ2) is 11.8. The quantitative estimate of drug-likeness (QED) is 0.252. The third-order valence-electron chi connectivity index (χ3n) is 7.12. The molecule has 0 atom stereocenters. The molecule has 1 aliphatic rings. The summed E-state index contributed by atoms with van der Waals surface area (Å²) in [6, 6.07) is 19.1. The number of aromatic nitrogens is 5. The summed E-state index contributed by atoms with van der Waals surface area (Å²) in [7, 11) is 4.78. The number of tetrazole rings is 1. The number of hydrogen-bond donors (Lipinski definition) is 1. The third-order valence-corrected chi connectivity index (χ3v) is 7.12. The van der Waals surface area contributed by atoms with Crippen LogP contribution in [0.1, 0.15) is 22.5 Å². The Bertz CT molecular complexity index is 1770. The van der Waals surface area contributed by atoms with E-state index in [1.807, 2.05) is 54.6 Å². The topological polar surface area (TPSA) is 126 Å². The van der Waals surface area contributed by atoms with Crippen LogP contribution in [-0.4, -0.2) is 58.2 Å². The monoisotopic (exact) mass is 570 g/mol. The molecule has 0 saturated heterocycles. The summed E-state index contributed by atoms with van der Waals surface area (Å²) in [6.45, 7) is 1.92. The first-order valence-electron chi connectivity index (χ1n) is 13.3. The van der Waals surface area contributed by atoms with Crippen LogP contribution in [-0.2, 0) is 26.2 Å². The Labute approximate surface area is 241 Å². The number of ether oxygens (including phenoxy) is 5. The average molecular weight is 571 g/mol. The molecular formula is C30H30N6O6. The molecule has 0 fully saturated rings. The SMILES string of the molecule is COc1ccc(Cn2nnnc2CN(Cc2ccc3c(c2)OCO3)Cc2cc3cc(OC)c(OC)cc3[nH]c2=O)cc1. The highest BCUT2D eigenvalue weighted by molar-refractivity contribution is 5.83. The van der Waals surface area contributed by atoms with Gasteiger partial charge in [0.25, 0.3) is 5.56 Å². The van der Waals surface area contributed by atoms with Gasteiger partial charge in [-0.1, -0.05) is 18.2 Å². The highest BCUT2D eigenvalue weighted by Gasteiger charge is 2.19. The average Bonchev–Trinajstić information content (AvgIpc) is 3.66. The van der Waals surface area contributed by atoms with Crippen molar-refractivity contribution in [3.05, 3.63) is 93.5 Å². The van der Waals surface area contributed by atoms with Crippen molar-refractivity contribution in [1.82, 2.24) is 30.1 Å². The summed E-state index contributed by atoms with van der Waals surface area (Å²) in [5.74, 6) is 3.97. The zero-order valence-corrected chi connectivity index (χ0v) is 23.5. The number of benzene rings is 3. The molecule has 0 radical (unpaired) electrons. The number of H-pyrrole nitrogens is 1. The molecule has 0 amide bonds. The van der Waals surface area contributed by atoms with E-state index in [2.05, 4.69) is 25.4 Å². The summed E-state index contributed by atoms with van der Waals surface area (Å²) in [6.07, 6.45) is 0. The van der Waals surface area contributed by atoms with Crippen molar-refractivity contribution in [3.63, 3.8) is 0 Å². The first-order valence-corrected chi connectivity index (χ1v) is 13.3. The lowest BCUT2D eigenvalue weighted by Crippen LogP contribution is -2.28. The number of methoxy groups -OCH3 is 3. The molecule has 216 valence electrons. The lowest BCUT2D eigenvalue weighted by atomic mass is 10.1. The number of aromatic amines is 1. The van der Waals surface area contributed by atoms with E-state index >= 15 is 0 Å². The lowest BCUT2D eigenvalue weighted by Gasteiger charge is -2.22. The Morgan fingerprint density at radius 1 is 0.857 bits per heavy atom. The minimum absolute atomic E-state index is 0.191. The standard InChI is InChI=1S/C30H30N6O6/c1-38-23-7-4-19(5-8-23)15-36-29(32-33-34-36)17-35(14-20-6-9-25-28(10-20)42-18-41-25)16-22-11-21-12-26(39-2)27(40-3)13-24(21)31-30(22)37/h4-13H,14-18H2,1-3H3,(H,31,37). The molecule has 1 aliphatic heterocycles. The van der Waals surface area contributed by atoms with E-state index in [1.165, 1.54) is 0 Å². The van der Waals surface area contributed by atoms with Crippen molar-refractivity contribution in [3.8, 4) is 28.7 Å². The zero-order valence-electron chi connectivity index (χ0n) is 23.5. The Morgan fingerprint density at radius 3 is 2.40 bits per heavy atom. The molecule has 12 heteroatoms. The van der Waals surface area contributed by atoms with Gasteiger partial charge in [-0.05, 0) is 58.0 Å². The van der Waals surface area contributed by atoms with Crippen LogP contribution in [0, 0.1) is 0 Å². The second-order valence-electron chi connectivity index (χ2n) is 9.85. The Hall–Kier alpha value is -5.10. The fourth-order valence-corrected chi connectivity index (χ4v) is 4.96. The van der Waals surface area contributed by atoms with Crippen LogP contribution < -0.4 is 29.2 Å². The highest BCUT2D eigenvalue weighted by atomic mass is 16.7. The summed E-state index contributed by atoms with van der Waals surface area (Å²) >= 11 is 0. The molecule has 42 heavy (non-hydrogen) atoms. The Balaban J connectivity index is 1.31. The van der Waals surface area contributed by atoms with Crippen LogP contribution in [0.2, 0.25) is 0 Å². The van der Waals surface area contributed by atoms with E-state index in [4.69, 9.17) is 23.7 Å². The van der Waals surface area contributed by atoms with Gasteiger partial charge in [-0.25, -0.2) is 4.68 Å². The molecule has 3 heterocycles. The van der Waals surface area contributed by atoms with Gasteiger partial charge in [-0.3, -0.25) is 9.69 Å². The van der Waals surface area contributed by atoms with Crippen molar-refractivity contribution in [2.75, 3.05) is 28.1 Å². The number of fused-ring (bicyclic) bond motifs is 2. The summed E-state index contributed by atoms with van der Waals surface area (Å²) < 4.78 is 29.0. The molecule has 0 unspecified atom stereocenters. The van der Waals surface area contributed by atoms with Gasteiger partial charge in [0.1, 0.15) is 5.75 Å². The fraction of sp³-hybridized carbons (Fsp3) is 0.267. The lowest BCUT2D eigenvalue weighted by molar-refractivity contribution is 0.174. The van der Waals surface area contributed by atoms with Gasteiger partial charge in [0, 0.05) is 30.1 Å². The van der Waals surface area contributed by atoms with E-state index in [0.717, 1.165) is 22.3 Å². The molecule has 1 N–H and O–H groups in total. The molecule has 12 nitrogen and oxygen atoms in total. The molecule has 5 aromatic rings. The van der Waals surface area contributed by atoms with Crippen molar-refractivity contribution in [1.29, 1.82) is 0 Å². The van der Waals surface area contributed by atoms with Gasteiger partial charge in [0.15, 0.2) is 28.8 Å². The van der Waals surface area contributed by atoms with Crippen LogP contribution in [0.3, 0.4) is 0 Å². The van der Waals surface area contributed by atoms with E-state index in [0.29, 0.717) is 66.1 Å². The Kier molecular flexibility index (Phi) is 7.60. The van der Waals surface area contributed by atoms with Crippen LogP contribution in [0.15, 0.2) is 65.5 Å². The van der Waals surface area contributed by atoms with Gasteiger partial charge in [0.05, 0.1) is 39.9 Å². The molecule has 6 rings (SSSR count). The van der Waals surface area contributed by atoms with Crippen LogP contribution in [0.4, 0.5) is 0 Å². The molecule has 2 aromatic heterocycles. The number of hydrogen-bond acceptors (Lipinski definition) is 10. The van der Waals surface area contributed by atoms with Crippen LogP contribution in [0.25, 0.3) is 10.9 Å². The minimum Gasteiger partial charge on any atom is -0.497 e. The predicted molar refractivity (Wildman–Crippen MR) is 153 cm³/mol. The van der Waals surface area contributed by atoms with Crippen LogP contribution in [0.5, 0.6) is 28.7 Å². The number of rotatable bonds is 11. The summed E-state index contributed by atoms with van der Waals surface area (Å²) in [5.41, 5.74) is 3.08. The molecule has 0 bridgehead atoms. The van der Waals surface area contributed by atoms with Gasteiger partial charge >= 0.3 is 0 Å².